The average Bonchev–Trinajstić information content (AvgIpc) is 3.05. The van der Waals surface area contributed by atoms with Gasteiger partial charge in [-0.15, -0.1) is 0 Å². The maximum Gasteiger partial charge on any atom is 0.491 e. The predicted molar refractivity (Wildman–Crippen MR) is 114 cm³/mol. The summed E-state index contributed by atoms with van der Waals surface area (Å²) in [4.78, 5) is 0. The summed E-state index contributed by atoms with van der Waals surface area (Å²) in [6.45, 7) is 0.439. The summed E-state index contributed by atoms with van der Waals surface area (Å²) in [5.74, 6) is 0. The fourth-order valence-corrected chi connectivity index (χ4v) is 3.36. The lowest BCUT2D eigenvalue weighted by Crippen LogP contribution is -2.29. The van der Waals surface area contributed by atoms with Gasteiger partial charge in [0.2, 0.25) is 0 Å². The summed E-state index contributed by atoms with van der Waals surface area (Å²) in [6.07, 6.45) is 0.906. The van der Waals surface area contributed by atoms with Gasteiger partial charge in [0.05, 0.1) is 6.61 Å². The molecule has 0 fully saturated rings. The molecule has 0 bridgehead atoms. The van der Waals surface area contributed by atoms with Crippen LogP contribution >= 0.6 is 12.2 Å². The van der Waals surface area contributed by atoms with E-state index in [0.29, 0.717) is 11.7 Å². The Balaban J connectivity index is 1.36. The number of anilines is 2. The van der Waals surface area contributed by atoms with E-state index in [1.807, 2.05) is 36.4 Å². The van der Waals surface area contributed by atoms with Crippen molar-refractivity contribution in [2.24, 2.45) is 0 Å². The first kappa shape index (κ1) is 17.7. The summed E-state index contributed by atoms with van der Waals surface area (Å²) < 4.78 is 5.21. The molecule has 4 rings (SSSR count). The first-order chi connectivity index (χ1) is 13.2. The maximum atomic E-state index is 9.81. The minimum atomic E-state index is -0.861. The molecule has 0 aromatic heterocycles. The number of rotatable bonds is 4. The van der Waals surface area contributed by atoms with Crippen LogP contribution in [0, 0.1) is 0 Å². The van der Waals surface area contributed by atoms with Crippen molar-refractivity contribution in [1.82, 2.24) is 0 Å². The Morgan fingerprint density at radius 2 is 1.59 bits per heavy atom. The van der Waals surface area contributed by atoms with Crippen LogP contribution in [0.25, 0.3) is 0 Å². The molecule has 1 aliphatic rings. The van der Waals surface area contributed by atoms with Gasteiger partial charge in [0, 0.05) is 11.4 Å². The van der Waals surface area contributed by atoms with Gasteiger partial charge >= 0.3 is 7.12 Å². The molecule has 0 radical (unpaired) electrons. The van der Waals surface area contributed by atoms with E-state index in [2.05, 4.69) is 47.0 Å². The largest absolute Gasteiger partial charge is 0.491 e. The quantitative estimate of drug-likeness (QED) is 0.483. The number of thiocarbonyl (C=S) groups is 1. The van der Waals surface area contributed by atoms with Crippen LogP contribution in [0.5, 0.6) is 0 Å². The normalized spacial score (nSPS) is 12.6. The van der Waals surface area contributed by atoms with Gasteiger partial charge in [-0.05, 0) is 65.1 Å². The van der Waals surface area contributed by atoms with E-state index < -0.39 is 7.12 Å². The zero-order valence-corrected chi connectivity index (χ0v) is 15.5. The van der Waals surface area contributed by atoms with Crippen LogP contribution in [0.3, 0.4) is 0 Å². The lowest BCUT2D eigenvalue weighted by Gasteiger charge is -2.12. The standard InChI is InChI=1S/C21H19BN2O2S/c25-22-20-13-19(11-8-17(20)14-26-22)24-21(27)23-18-9-6-16(7-10-18)12-15-4-2-1-3-5-15/h1-11,13,25H,12,14H2,(H2,23,24,27). The van der Waals surface area contributed by atoms with Crippen LogP contribution in [0.2, 0.25) is 0 Å². The van der Waals surface area contributed by atoms with Gasteiger partial charge in [0.25, 0.3) is 0 Å². The van der Waals surface area contributed by atoms with Gasteiger partial charge in [0.1, 0.15) is 0 Å². The molecule has 0 amide bonds. The third-order valence-corrected chi connectivity index (χ3v) is 4.73. The maximum absolute atomic E-state index is 9.81. The Morgan fingerprint density at radius 1 is 0.926 bits per heavy atom. The molecule has 134 valence electrons. The number of fused-ring (bicyclic) bond motifs is 1. The van der Waals surface area contributed by atoms with E-state index in [1.165, 1.54) is 11.1 Å². The van der Waals surface area contributed by atoms with E-state index >= 15 is 0 Å². The number of benzene rings is 3. The second kappa shape index (κ2) is 7.92. The monoisotopic (exact) mass is 374 g/mol. The van der Waals surface area contributed by atoms with Gasteiger partial charge in [-0.25, -0.2) is 0 Å². The Labute approximate surface area is 164 Å². The van der Waals surface area contributed by atoms with E-state index in [1.54, 1.807) is 0 Å². The smallest absolute Gasteiger partial charge is 0.423 e. The number of hydrogen-bond acceptors (Lipinski definition) is 3. The molecule has 0 saturated heterocycles. The summed E-state index contributed by atoms with van der Waals surface area (Å²) >= 11 is 5.40. The van der Waals surface area contributed by atoms with E-state index in [-0.39, 0.29) is 0 Å². The molecule has 4 nitrogen and oxygen atoms in total. The second-order valence-corrected chi connectivity index (χ2v) is 6.92. The molecule has 0 saturated carbocycles. The summed E-state index contributed by atoms with van der Waals surface area (Å²) in [5, 5.41) is 16.6. The molecule has 0 spiro atoms. The van der Waals surface area contributed by atoms with Crippen LogP contribution in [0.15, 0.2) is 72.8 Å². The Bertz CT molecular complexity index is 948. The third-order valence-electron chi connectivity index (χ3n) is 4.53. The molecule has 0 unspecified atom stereocenters. The third kappa shape index (κ3) is 4.36. The average molecular weight is 374 g/mol. The zero-order valence-electron chi connectivity index (χ0n) is 14.7. The Hall–Kier alpha value is -2.67. The van der Waals surface area contributed by atoms with Crippen LogP contribution in [-0.4, -0.2) is 17.3 Å². The molecule has 3 N–H and O–H groups in total. The van der Waals surface area contributed by atoms with Crippen molar-refractivity contribution >= 4 is 41.3 Å². The fourth-order valence-electron chi connectivity index (χ4n) is 3.12. The van der Waals surface area contributed by atoms with E-state index in [0.717, 1.165) is 28.8 Å². The van der Waals surface area contributed by atoms with Crippen molar-refractivity contribution in [3.05, 3.63) is 89.5 Å². The minimum Gasteiger partial charge on any atom is -0.423 e. The van der Waals surface area contributed by atoms with Crippen LogP contribution in [-0.2, 0) is 17.7 Å². The lowest BCUT2D eigenvalue weighted by molar-refractivity contribution is 0.275. The highest BCUT2D eigenvalue weighted by Crippen LogP contribution is 2.16. The molecule has 1 heterocycles. The minimum absolute atomic E-state index is 0.439. The summed E-state index contributed by atoms with van der Waals surface area (Å²) in [7, 11) is -0.861. The van der Waals surface area contributed by atoms with Gasteiger partial charge < -0.3 is 20.3 Å². The van der Waals surface area contributed by atoms with E-state index in [4.69, 9.17) is 16.9 Å². The first-order valence-corrected chi connectivity index (χ1v) is 9.21. The van der Waals surface area contributed by atoms with E-state index in [9.17, 15) is 5.02 Å². The van der Waals surface area contributed by atoms with Gasteiger partial charge in [-0.2, -0.15) is 0 Å². The van der Waals surface area contributed by atoms with Crippen molar-refractivity contribution in [3.63, 3.8) is 0 Å². The number of hydrogen-bond donors (Lipinski definition) is 3. The highest BCUT2D eigenvalue weighted by molar-refractivity contribution is 7.80. The highest BCUT2D eigenvalue weighted by atomic mass is 32.1. The van der Waals surface area contributed by atoms with Gasteiger partial charge in [-0.1, -0.05) is 48.5 Å². The van der Waals surface area contributed by atoms with Crippen molar-refractivity contribution in [2.75, 3.05) is 10.6 Å². The molecule has 6 heteroatoms. The molecule has 1 aliphatic heterocycles. The molecule has 3 aromatic carbocycles. The topological polar surface area (TPSA) is 53.5 Å². The van der Waals surface area contributed by atoms with Crippen molar-refractivity contribution in [3.8, 4) is 0 Å². The van der Waals surface area contributed by atoms with Gasteiger partial charge in [0.15, 0.2) is 5.11 Å². The van der Waals surface area contributed by atoms with Crippen LogP contribution in [0.4, 0.5) is 11.4 Å². The van der Waals surface area contributed by atoms with Crippen molar-refractivity contribution in [1.29, 1.82) is 0 Å². The lowest BCUT2D eigenvalue weighted by atomic mass is 9.79. The molecule has 0 aliphatic carbocycles. The fraction of sp³-hybridized carbons (Fsp3) is 0.0952. The first-order valence-electron chi connectivity index (χ1n) is 8.81. The number of nitrogens with one attached hydrogen (secondary N) is 2. The Morgan fingerprint density at radius 3 is 2.37 bits per heavy atom. The molecule has 3 aromatic rings. The van der Waals surface area contributed by atoms with Crippen molar-refractivity contribution < 1.29 is 9.68 Å². The summed E-state index contributed by atoms with van der Waals surface area (Å²) in [6, 6.07) is 24.4. The molecular formula is C21H19BN2O2S. The van der Waals surface area contributed by atoms with Crippen LogP contribution in [0.1, 0.15) is 16.7 Å². The zero-order chi connectivity index (χ0) is 18.6. The Kier molecular flexibility index (Phi) is 5.20. The predicted octanol–water partition coefficient (Wildman–Crippen LogP) is 3.30. The SMILES string of the molecule is OB1OCc2ccc(NC(=S)Nc3ccc(Cc4ccccc4)cc3)cc21. The molecular weight excluding hydrogens is 355 g/mol. The second-order valence-electron chi connectivity index (χ2n) is 6.52. The molecule has 0 atom stereocenters. The van der Waals surface area contributed by atoms with Crippen LogP contribution < -0.4 is 16.1 Å². The van der Waals surface area contributed by atoms with Gasteiger partial charge in [-0.3, -0.25) is 0 Å². The van der Waals surface area contributed by atoms with Crippen molar-refractivity contribution in [2.45, 2.75) is 13.0 Å². The molecule has 27 heavy (non-hydrogen) atoms. The highest BCUT2D eigenvalue weighted by Gasteiger charge is 2.27. The summed E-state index contributed by atoms with van der Waals surface area (Å²) in [5.41, 5.74) is 6.07.